The number of amides is 1. The molecule has 18 heavy (non-hydrogen) atoms. The van der Waals surface area contributed by atoms with E-state index in [2.05, 4.69) is 15.1 Å². The Bertz CT molecular complexity index is 549. The summed E-state index contributed by atoms with van der Waals surface area (Å²) >= 11 is 0. The maximum absolute atomic E-state index is 12.0. The van der Waals surface area contributed by atoms with Crippen LogP contribution in [0, 0.1) is 5.21 Å². The van der Waals surface area contributed by atoms with Crippen LogP contribution in [0.1, 0.15) is 35.9 Å². The maximum atomic E-state index is 12.0. The van der Waals surface area contributed by atoms with E-state index < -0.39 is 5.91 Å². The third-order valence-electron chi connectivity index (χ3n) is 2.44. The van der Waals surface area contributed by atoms with Crippen LogP contribution < -0.4 is 10.2 Å². The molecule has 0 spiro atoms. The molecular weight excluding hydrogens is 234 g/mol. The molecule has 1 N–H and O–H groups in total. The number of nitrogens with one attached hydrogen (secondary N) is 1. The fraction of sp³-hybridized carbons (Fsp3) is 0.250. The number of hydrogen-bond donors (Lipinski definition) is 1. The molecule has 0 fully saturated rings. The van der Waals surface area contributed by atoms with Gasteiger partial charge in [-0.2, -0.15) is 0 Å². The molecule has 94 valence electrons. The fourth-order valence-corrected chi connectivity index (χ4v) is 1.61. The lowest BCUT2D eigenvalue weighted by molar-refractivity contribution is -0.808. The molecule has 0 aliphatic heterocycles. The summed E-state index contributed by atoms with van der Waals surface area (Å²) in [6, 6.07) is 8.94. The van der Waals surface area contributed by atoms with E-state index in [0.29, 0.717) is 5.69 Å². The molecular formula is C12H13N3O3. The minimum absolute atomic E-state index is 0.0175. The first-order valence-corrected chi connectivity index (χ1v) is 5.55. The molecule has 1 aromatic carbocycles. The van der Waals surface area contributed by atoms with Crippen LogP contribution in [-0.4, -0.2) is 11.1 Å². The van der Waals surface area contributed by atoms with Crippen LogP contribution in [0.3, 0.4) is 0 Å². The van der Waals surface area contributed by atoms with Crippen molar-refractivity contribution in [2.45, 2.75) is 19.8 Å². The second-order valence-electron chi connectivity index (χ2n) is 4.14. The first-order valence-electron chi connectivity index (χ1n) is 5.55. The Morgan fingerprint density at radius 2 is 2.06 bits per heavy atom. The van der Waals surface area contributed by atoms with E-state index in [1.54, 1.807) is 38.1 Å². The molecule has 0 aliphatic carbocycles. The zero-order chi connectivity index (χ0) is 13.1. The van der Waals surface area contributed by atoms with Crippen LogP contribution in [0.2, 0.25) is 0 Å². The van der Waals surface area contributed by atoms with Crippen molar-refractivity contribution in [1.82, 2.24) is 5.16 Å². The number of hydrogen-bond acceptors (Lipinski definition) is 4. The first-order chi connectivity index (χ1) is 8.59. The quantitative estimate of drug-likeness (QED) is 0.836. The first kappa shape index (κ1) is 12.1. The molecule has 0 atom stereocenters. The van der Waals surface area contributed by atoms with Crippen LogP contribution >= 0.6 is 0 Å². The van der Waals surface area contributed by atoms with Crippen molar-refractivity contribution >= 4 is 11.6 Å². The zero-order valence-electron chi connectivity index (χ0n) is 10.1. The van der Waals surface area contributed by atoms with E-state index >= 15 is 0 Å². The van der Waals surface area contributed by atoms with Gasteiger partial charge < -0.3 is 10.5 Å². The molecule has 0 aliphatic rings. The van der Waals surface area contributed by atoms with E-state index in [0.717, 1.165) is 0 Å². The lowest BCUT2D eigenvalue weighted by Gasteiger charge is -2.03. The largest absolute Gasteiger partial charge is 0.359 e. The van der Waals surface area contributed by atoms with E-state index in [9.17, 15) is 10.0 Å². The molecule has 1 amide bonds. The van der Waals surface area contributed by atoms with Gasteiger partial charge in [0.15, 0.2) is 0 Å². The number of nitrogens with zero attached hydrogens (tertiary/aromatic N) is 2. The molecule has 2 rings (SSSR count). The predicted molar refractivity (Wildman–Crippen MR) is 63.9 cm³/mol. The molecule has 6 nitrogen and oxygen atoms in total. The molecule has 0 bridgehead atoms. The zero-order valence-corrected chi connectivity index (χ0v) is 10.1. The molecule has 1 heterocycles. The van der Waals surface area contributed by atoms with E-state index in [1.165, 1.54) is 0 Å². The summed E-state index contributed by atoms with van der Waals surface area (Å²) in [4.78, 5) is 12.2. The minimum atomic E-state index is -0.455. The second-order valence-corrected chi connectivity index (χ2v) is 4.14. The number of benzene rings is 1. The normalized spacial score (nSPS) is 10.6. The second kappa shape index (κ2) is 4.87. The van der Waals surface area contributed by atoms with Crippen molar-refractivity contribution in [1.29, 1.82) is 0 Å². The van der Waals surface area contributed by atoms with E-state index in [-0.39, 0.29) is 22.2 Å². The summed E-state index contributed by atoms with van der Waals surface area (Å²) in [5.74, 6) is -0.603. The van der Waals surface area contributed by atoms with Gasteiger partial charge in [-0.25, -0.2) is 0 Å². The Morgan fingerprint density at radius 3 is 2.67 bits per heavy atom. The average molecular weight is 247 g/mol. The van der Waals surface area contributed by atoms with Gasteiger partial charge in [-0.15, -0.1) is 0 Å². The molecule has 0 radical (unpaired) electrons. The van der Waals surface area contributed by atoms with Gasteiger partial charge in [0.05, 0.1) is 5.16 Å². The van der Waals surface area contributed by atoms with Crippen LogP contribution in [0.4, 0.5) is 5.69 Å². The predicted octanol–water partition coefficient (Wildman–Crippen LogP) is 1.68. The molecule has 6 heteroatoms. The summed E-state index contributed by atoms with van der Waals surface area (Å²) in [6.07, 6.45) is 0. The third kappa shape index (κ3) is 2.32. The highest BCUT2D eigenvalue weighted by Gasteiger charge is 2.28. The maximum Gasteiger partial charge on any atom is 0.308 e. The Morgan fingerprint density at radius 1 is 1.39 bits per heavy atom. The minimum Gasteiger partial charge on any atom is -0.359 e. The van der Waals surface area contributed by atoms with E-state index in [1.807, 2.05) is 6.07 Å². The lowest BCUT2D eigenvalue weighted by atomic mass is 10.1. The van der Waals surface area contributed by atoms with Gasteiger partial charge in [-0.1, -0.05) is 32.0 Å². The topological polar surface area (TPSA) is 82.1 Å². The van der Waals surface area contributed by atoms with Crippen molar-refractivity contribution in [2.75, 3.05) is 5.32 Å². The Labute approximate surface area is 104 Å². The Balaban J connectivity index is 2.25. The standard InChI is InChI=1S/C12H13N3O3/c1-8(2)11-10(14-18-15(11)17)12(16)13-9-6-4-3-5-7-9/h3-8H,1-2H3,(H,13,16). The van der Waals surface area contributed by atoms with Crippen molar-refractivity contribution in [3.63, 3.8) is 0 Å². The SMILES string of the molecule is CC(C)c1c(C(=O)Nc2ccccc2)no[n+]1[O-]. The highest BCUT2D eigenvalue weighted by Crippen LogP contribution is 2.15. The van der Waals surface area contributed by atoms with Crippen LogP contribution in [0.25, 0.3) is 0 Å². The summed E-state index contributed by atoms with van der Waals surface area (Å²) in [6.45, 7) is 3.58. The van der Waals surface area contributed by atoms with Gasteiger partial charge in [0.1, 0.15) is 0 Å². The summed E-state index contributed by atoms with van der Waals surface area (Å²) in [7, 11) is 0. The van der Waals surface area contributed by atoms with Gasteiger partial charge in [-0.05, 0) is 17.0 Å². The number of para-hydroxylation sites is 1. The van der Waals surface area contributed by atoms with Gasteiger partial charge in [0.25, 0.3) is 0 Å². The van der Waals surface area contributed by atoms with Crippen LogP contribution in [-0.2, 0) is 0 Å². The molecule has 0 saturated heterocycles. The molecule has 2 aromatic rings. The van der Waals surface area contributed by atoms with Gasteiger partial charge in [-0.3, -0.25) is 9.42 Å². The number of carbonyl (C=O) groups is 1. The number of rotatable bonds is 3. The molecule has 1 aromatic heterocycles. The average Bonchev–Trinajstić information content (AvgIpc) is 2.72. The molecule has 0 saturated carbocycles. The highest BCUT2D eigenvalue weighted by molar-refractivity contribution is 6.03. The van der Waals surface area contributed by atoms with Crippen molar-refractivity contribution in [2.24, 2.45) is 0 Å². The third-order valence-corrected chi connectivity index (χ3v) is 2.44. The highest BCUT2D eigenvalue weighted by atomic mass is 16.8. The van der Waals surface area contributed by atoms with Gasteiger partial charge >= 0.3 is 11.6 Å². The van der Waals surface area contributed by atoms with Gasteiger partial charge in [0.2, 0.25) is 5.69 Å². The Hall–Kier alpha value is -2.37. The number of carbonyl (C=O) groups excluding carboxylic acids is 1. The summed E-state index contributed by atoms with van der Waals surface area (Å²) in [5, 5.41) is 17.5. The van der Waals surface area contributed by atoms with E-state index in [4.69, 9.17) is 0 Å². The lowest BCUT2D eigenvalue weighted by Crippen LogP contribution is -2.30. The smallest absolute Gasteiger partial charge is 0.308 e. The van der Waals surface area contributed by atoms with Crippen molar-refractivity contribution in [3.8, 4) is 0 Å². The van der Waals surface area contributed by atoms with Crippen molar-refractivity contribution in [3.05, 3.63) is 46.9 Å². The van der Waals surface area contributed by atoms with Crippen LogP contribution in [0.15, 0.2) is 35.0 Å². The van der Waals surface area contributed by atoms with Crippen molar-refractivity contribution < 1.29 is 14.3 Å². The van der Waals surface area contributed by atoms with Gasteiger partial charge in [0, 0.05) is 11.6 Å². The summed E-state index contributed by atoms with van der Waals surface area (Å²) in [5.41, 5.74) is 0.880. The fourth-order valence-electron chi connectivity index (χ4n) is 1.61. The monoisotopic (exact) mass is 247 g/mol. The molecule has 0 unspecified atom stereocenters. The number of aromatic nitrogens is 2. The summed E-state index contributed by atoms with van der Waals surface area (Å²) < 4.78 is 4.47. The van der Waals surface area contributed by atoms with Crippen LogP contribution in [0.5, 0.6) is 0 Å². The number of anilines is 1. The Kier molecular flexibility index (Phi) is 3.27.